The Kier molecular flexibility index (Phi) is 5.55. The van der Waals surface area contributed by atoms with Crippen molar-refractivity contribution in [2.45, 2.75) is 32.9 Å². The van der Waals surface area contributed by atoms with Crippen LogP contribution in [0.5, 0.6) is 5.75 Å². The fourth-order valence-electron chi connectivity index (χ4n) is 4.24. The van der Waals surface area contributed by atoms with Crippen LogP contribution in [-0.4, -0.2) is 41.0 Å². The largest absolute Gasteiger partial charge is 0.497 e. The predicted molar refractivity (Wildman–Crippen MR) is 121 cm³/mol. The van der Waals surface area contributed by atoms with Crippen LogP contribution in [0, 0.1) is 0 Å². The highest BCUT2D eigenvalue weighted by Crippen LogP contribution is 2.42. The average molecular weight is 418 g/mol. The number of hydrogen-bond donors (Lipinski definition) is 0. The van der Waals surface area contributed by atoms with Crippen LogP contribution in [0.3, 0.4) is 0 Å². The lowest BCUT2D eigenvalue weighted by Gasteiger charge is -2.40. The maximum atomic E-state index is 13.7. The Morgan fingerprint density at radius 2 is 1.68 bits per heavy atom. The minimum Gasteiger partial charge on any atom is -0.497 e. The van der Waals surface area contributed by atoms with Gasteiger partial charge >= 0.3 is 0 Å². The lowest BCUT2D eigenvalue weighted by atomic mass is 9.97. The molecule has 6 heteroatoms. The zero-order chi connectivity index (χ0) is 22.1. The van der Waals surface area contributed by atoms with E-state index in [2.05, 4.69) is 4.57 Å². The zero-order valence-corrected chi connectivity index (χ0v) is 18.3. The van der Waals surface area contributed by atoms with Gasteiger partial charge in [-0.2, -0.15) is 0 Å². The fourth-order valence-corrected chi connectivity index (χ4v) is 4.24. The number of benzene rings is 2. The van der Waals surface area contributed by atoms with Crippen molar-refractivity contribution in [3.8, 4) is 11.4 Å². The van der Waals surface area contributed by atoms with E-state index in [9.17, 15) is 9.59 Å². The highest BCUT2D eigenvalue weighted by molar-refractivity contribution is 6.00. The van der Waals surface area contributed by atoms with Crippen LogP contribution < -0.4 is 9.64 Å². The van der Waals surface area contributed by atoms with Crippen molar-refractivity contribution in [2.24, 2.45) is 0 Å². The van der Waals surface area contributed by atoms with E-state index in [1.807, 2.05) is 85.6 Å². The molecule has 1 aliphatic rings. The van der Waals surface area contributed by atoms with Gasteiger partial charge in [-0.1, -0.05) is 24.3 Å². The van der Waals surface area contributed by atoms with E-state index in [1.165, 1.54) is 6.92 Å². The molecule has 2 heterocycles. The number of anilines is 1. The number of rotatable bonds is 5. The second kappa shape index (κ2) is 8.30. The summed E-state index contributed by atoms with van der Waals surface area (Å²) < 4.78 is 7.44. The molecule has 1 unspecified atom stereocenters. The molecule has 6 nitrogen and oxygen atoms in total. The second-order valence-electron chi connectivity index (χ2n) is 7.97. The number of nitrogens with zero attached hydrogens (tertiary/aromatic N) is 3. The van der Waals surface area contributed by atoms with Gasteiger partial charge in [-0.25, -0.2) is 0 Å². The van der Waals surface area contributed by atoms with Crippen LogP contribution >= 0.6 is 0 Å². The van der Waals surface area contributed by atoms with E-state index in [0.717, 1.165) is 28.4 Å². The maximum Gasteiger partial charge on any atom is 0.247 e. The molecule has 0 spiro atoms. The summed E-state index contributed by atoms with van der Waals surface area (Å²) in [6.45, 7) is 5.37. The number of ether oxygens (including phenoxy) is 1. The summed E-state index contributed by atoms with van der Waals surface area (Å²) in [6, 6.07) is 19.3. The number of fused-ring (bicyclic) bond motifs is 3. The summed E-state index contributed by atoms with van der Waals surface area (Å²) in [5, 5.41) is 0. The normalized spacial score (nSPS) is 14.7. The third-order valence-electron chi connectivity index (χ3n) is 5.75. The first-order valence-electron chi connectivity index (χ1n) is 10.4. The van der Waals surface area contributed by atoms with E-state index in [0.29, 0.717) is 0 Å². The van der Waals surface area contributed by atoms with Gasteiger partial charge < -0.3 is 14.2 Å². The van der Waals surface area contributed by atoms with Gasteiger partial charge in [0, 0.05) is 19.2 Å². The van der Waals surface area contributed by atoms with Crippen molar-refractivity contribution >= 4 is 17.5 Å². The summed E-state index contributed by atoms with van der Waals surface area (Å²) in [5.74, 6) is 0.526. The molecule has 0 fully saturated rings. The SMILES string of the molecule is COc1ccc(C2c3cccn3-c3ccccc3N2C(=O)CN(C(C)=O)C(C)C)cc1. The standard InChI is InChI=1S/C25H27N3O3/c1-17(2)27(18(3)29)16-24(30)28-22-9-6-5-8-21(22)26-15-7-10-23(26)25(28)19-11-13-20(31-4)14-12-19/h5-15,17,25H,16H2,1-4H3. The summed E-state index contributed by atoms with van der Waals surface area (Å²) in [6.07, 6.45) is 2.02. The van der Waals surface area contributed by atoms with Crippen molar-refractivity contribution < 1.29 is 14.3 Å². The Morgan fingerprint density at radius 3 is 2.29 bits per heavy atom. The first kappa shape index (κ1) is 20.7. The molecule has 31 heavy (non-hydrogen) atoms. The van der Waals surface area contributed by atoms with Crippen molar-refractivity contribution in [1.29, 1.82) is 0 Å². The maximum absolute atomic E-state index is 13.7. The molecule has 160 valence electrons. The quantitative estimate of drug-likeness (QED) is 0.626. The number of amides is 2. The van der Waals surface area contributed by atoms with Crippen LogP contribution in [0.4, 0.5) is 5.69 Å². The Morgan fingerprint density at radius 1 is 1.00 bits per heavy atom. The fraction of sp³-hybridized carbons (Fsp3) is 0.280. The van der Waals surface area contributed by atoms with E-state index in [4.69, 9.17) is 4.74 Å². The Bertz CT molecular complexity index is 1100. The monoisotopic (exact) mass is 417 g/mol. The van der Waals surface area contributed by atoms with Gasteiger partial charge in [0.25, 0.3) is 0 Å². The Labute approximate surface area is 182 Å². The number of carbonyl (C=O) groups is 2. The van der Waals surface area contributed by atoms with Crippen molar-refractivity contribution in [3.63, 3.8) is 0 Å². The lowest BCUT2D eigenvalue weighted by molar-refractivity contribution is -0.135. The molecule has 4 rings (SSSR count). The van der Waals surface area contributed by atoms with E-state index >= 15 is 0 Å². The zero-order valence-electron chi connectivity index (χ0n) is 18.3. The van der Waals surface area contributed by atoms with Crippen LogP contribution in [0.2, 0.25) is 0 Å². The van der Waals surface area contributed by atoms with Gasteiger partial charge in [-0.3, -0.25) is 14.5 Å². The van der Waals surface area contributed by atoms with Gasteiger partial charge in [-0.05, 0) is 55.8 Å². The van der Waals surface area contributed by atoms with Crippen LogP contribution in [0.1, 0.15) is 38.1 Å². The molecule has 0 bridgehead atoms. The number of carbonyl (C=O) groups excluding carboxylic acids is 2. The van der Waals surface area contributed by atoms with Crippen molar-refractivity contribution in [3.05, 3.63) is 78.1 Å². The number of methoxy groups -OCH3 is 1. The van der Waals surface area contributed by atoms with Gasteiger partial charge in [0.1, 0.15) is 18.3 Å². The van der Waals surface area contributed by atoms with Gasteiger partial charge in [0.05, 0.1) is 24.2 Å². The van der Waals surface area contributed by atoms with E-state index in [1.54, 1.807) is 12.0 Å². The molecule has 0 saturated heterocycles. The summed E-state index contributed by atoms with van der Waals surface area (Å²) in [7, 11) is 1.63. The Hall–Kier alpha value is -3.54. The molecule has 1 aromatic heterocycles. The van der Waals surface area contributed by atoms with Crippen LogP contribution in [0.15, 0.2) is 66.9 Å². The smallest absolute Gasteiger partial charge is 0.247 e. The Balaban J connectivity index is 1.84. The molecular formula is C25H27N3O3. The molecule has 1 aliphatic heterocycles. The van der Waals surface area contributed by atoms with Crippen molar-refractivity contribution in [1.82, 2.24) is 9.47 Å². The van der Waals surface area contributed by atoms with Gasteiger partial charge in [0.2, 0.25) is 11.8 Å². The molecule has 3 aromatic rings. The molecule has 2 aromatic carbocycles. The number of para-hydroxylation sites is 2. The predicted octanol–water partition coefficient (Wildman–Crippen LogP) is 4.18. The molecular weight excluding hydrogens is 390 g/mol. The molecule has 1 atom stereocenters. The third kappa shape index (κ3) is 3.69. The van der Waals surface area contributed by atoms with Crippen LogP contribution in [-0.2, 0) is 9.59 Å². The molecule has 2 amide bonds. The van der Waals surface area contributed by atoms with Crippen molar-refractivity contribution in [2.75, 3.05) is 18.6 Å². The molecule has 0 aliphatic carbocycles. The van der Waals surface area contributed by atoms with Crippen LogP contribution in [0.25, 0.3) is 5.69 Å². The summed E-state index contributed by atoms with van der Waals surface area (Å²) in [5.41, 5.74) is 3.74. The lowest BCUT2D eigenvalue weighted by Crippen LogP contribution is -2.48. The third-order valence-corrected chi connectivity index (χ3v) is 5.75. The molecule has 0 N–H and O–H groups in total. The van der Waals surface area contributed by atoms with E-state index in [-0.39, 0.29) is 30.4 Å². The highest BCUT2D eigenvalue weighted by atomic mass is 16.5. The van der Waals surface area contributed by atoms with Gasteiger partial charge in [-0.15, -0.1) is 0 Å². The first-order chi connectivity index (χ1) is 14.9. The minimum absolute atomic E-state index is 0.0225. The number of aromatic nitrogens is 1. The first-order valence-corrected chi connectivity index (χ1v) is 10.4. The van der Waals surface area contributed by atoms with E-state index < -0.39 is 0 Å². The number of hydrogen-bond acceptors (Lipinski definition) is 3. The summed E-state index contributed by atoms with van der Waals surface area (Å²) >= 11 is 0. The summed E-state index contributed by atoms with van der Waals surface area (Å²) in [4.78, 5) is 29.3. The second-order valence-corrected chi connectivity index (χ2v) is 7.97. The molecule has 0 radical (unpaired) electrons. The topological polar surface area (TPSA) is 54.8 Å². The average Bonchev–Trinajstić information content (AvgIpc) is 3.26. The highest BCUT2D eigenvalue weighted by Gasteiger charge is 2.36. The minimum atomic E-state index is -0.315. The molecule has 0 saturated carbocycles. The van der Waals surface area contributed by atoms with Gasteiger partial charge in [0.15, 0.2) is 0 Å².